The lowest BCUT2D eigenvalue weighted by Gasteiger charge is -2.52. The van der Waals surface area contributed by atoms with Gasteiger partial charge in [-0.15, -0.1) is 24.8 Å². The molecule has 2 aliphatic heterocycles. The number of piperidine rings is 1. The number of halogens is 2. The maximum absolute atomic E-state index is 13.0. The highest BCUT2D eigenvalue weighted by molar-refractivity contribution is 5.86. The van der Waals surface area contributed by atoms with Crippen LogP contribution in [0.1, 0.15) is 58.8 Å². The Hall–Kier alpha value is -0.110. The third-order valence-electron chi connectivity index (χ3n) is 6.67. The second kappa shape index (κ2) is 10.8. The summed E-state index contributed by atoms with van der Waals surface area (Å²) in [4.78, 5) is 15.6. The quantitative estimate of drug-likeness (QED) is 0.688. The Balaban J connectivity index is 0.00000196. The summed E-state index contributed by atoms with van der Waals surface area (Å²) in [6, 6.07) is 0. The number of ether oxygens (including phenoxy) is 2. The number of methoxy groups -OCH3 is 1. The highest BCUT2D eigenvalue weighted by Crippen LogP contribution is 2.36. The van der Waals surface area contributed by atoms with Gasteiger partial charge in [-0.2, -0.15) is 0 Å². The zero-order valence-corrected chi connectivity index (χ0v) is 19.3. The topological polar surface area (TPSA) is 62.8 Å². The van der Waals surface area contributed by atoms with Crippen molar-refractivity contribution in [3.05, 3.63) is 0 Å². The van der Waals surface area contributed by atoms with E-state index in [0.29, 0.717) is 0 Å². The highest BCUT2D eigenvalue weighted by atomic mass is 35.5. The molecule has 0 aromatic rings. The van der Waals surface area contributed by atoms with Gasteiger partial charge in [0, 0.05) is 32.3 Å². The minimum atomic E-state index is -0.661. The Morgan fingerprint density at radius 2 is 1.75 bits per heavy atom. The summed E-state index contributed by atoms with van der Waals surface area (Å²) in [6.07, 6.45) is 7.59. The van der Waals surface area contributed by atoms with E-state index in [-0.39, 0.29) is 41.9 Å². The molecular weight excluding hydrogens is 401 g/mol. The van der Waals surface area contributed by atoms with E-state index in [0.717, 1.165) is 65.0 Å². The Kier molecular flexibility index (Phi) is 9.98. The van der Waals surface area contributed by atoms with Crippen LogP contribution in [-0.2, 0) is 14.3 Å². The lowest BCUT2D eigenvalue weighted by molar-refractivity contribution is -0.149. The van der Waals surface area contributed by atoms with Crippen LogP contribution < -0.4 is 10.6 Å². The van der Waals surface area contributed by atoms with Crippen LogP contribution >= 0.6 is 24.8 Å². The van der Waals surface area contributed by atoms with Gasteiger partial charge in [0.05, 0.1) is 12.2 Å². The fraction of sp³-hybridized carbons (Fsp3) is 0.950. The number of carbonyl (C=O) groups is 1. The zero-order valence-electron chi connectivity index (χ0n) is 17.7. The molecule has 1 amide bonds. The second-order valence-corrected chi connectivity index (χ2v) is 8.95. The molecule has 2 N–H and O–H groups in total. The molecule has 3 fully saturated rings. The van der Waals surface area contributed by atoms with E-state index in [2.05, 4.69) is 29.4 Å². The SMILES string of the molecule is COC1(C(=O)NCC2(N3CCOC(C)(C)C3)CCCCC2)CCNCC1.Cl.Cl. The van der Waals surface area contributed by atoms with Crippen LogP contribution in [0.25, 0.3) is 0 Å². The standard InChI is InChI=1S/C20H37N3O3.2ClH/c1-18(2)16-23(13-14-26-18)19(7-5-4-6-8-19)15-22-17(24)20(25-3)9-11-21-12-10-20;;/h21H,4-16H2,1-3H3,(H,22,24);2*1H. The van der Waals surface area contributed by atoms with E-state index in [9.17, 15) is 4.79 Å². The molecule has 28 heavy (non-hydrogen) atoms. The third kappa shape index (κ3) is 5.73. The molecule has 2 saturated heterocycles. The molecule has 0 bridgehead atoms. The van der Waals surface area contributed by atoms with E-state index in [1.807, 2.05) is 0 Å². The van der Waals surface area contributed by atoms with E-state index < -0.39 is 5.60 Å². The van der Waals surface area contributed by atoms with Crippen LogP contribution in [0.3, 0.4) is 0 Å². The maximum atomic E-state index is 13.0. The van der Waals surface area contributed by atoms with Crippen LogP contribution in [0.2, 0.25) is 0 Å². The van der Waals surface area contributed by atoms with Gasteiger partial charge in [-0.05, 0) is 52.6 Å². The van der Waals surface area contributed by atoms with Gasteiger partial charge in [0.15, 0.2) is 0 Å². The molecule has 0 spiro atoms. The molecule has 6 nitrogen and oxygen atoms in total. The van der Waals surface area contributed by atoms with Gasteiger partial charge >= 0.3 is 0 Å². The van der Waals surface area contributed by atoms with Gasteiger partial charge in [0.2, 0.25) is 0 Å². The molecule has 3 aliphatic rings. The first-order chi connectivity index (χ1) is 12.4. The Morgan fingerprint density at radius 3 is 2.32 bits per heavy atom. The number of carbonyl (C=O) groups excluding carboxylic acids is 1. The molecule has 0 radical (unpaired) electrons. The van der Waals surface area contributed by atoms with E-state index >= 15 is 0 Å². The average Bonchev–Trinajstić information content (AvgIpc) is 2.66. The number of hydrogen-bond donors (Lipinski definition) is 2. The molecule has 1 saturated carbocycles. The van der Waals surface area contributed by atoms with Crippen molar-refractivity contribution in [2.45, 2.75) is 75.5 Å². The number of nitrogens with one attached hydrogen (secondary N) is 2. The number of amides is 1. The maximum Gasteiger partial charge on any atom is 0.252 e. The lowest BCUT2D eigenvalue weighted by atomic mass is 9.78. The van der Waals surface area contributed by atoms with Gasteiger partial charge in [0.25, 0.3) is 5.91 Å². The van der Waals surface area contributed by atoms with Gasteiger partial charge in [-0.3, -0.25) is 9.69 Å². The average molecular weight is 440 g/mol. The predicted molar refractivity (Wildman–Crippen MR) is 117 cm³/mol. The van der Waals surface area contributed by atoms with Crippen molar-refractivity contribution in [3.8, 4) is 0 Å². The van der Waals surface area contributed by atoms with Crippen molar-refractivity contribution < 1.29 is 14.3 Å². The Bertz CT molecular complexity index is 493. The summed E-state index contributed by atoms with van der Waals surface area (Å²) in [5.74, 6) is 0.0685. The van der Waals surface area contributed by atoms with Gasteiger partial charge in [0.1, 0.15) is 5.60 Å². The van der Waals surface area contributed by atoms with Crippen LogP contribution in [0.5, 0.6) is 0 Å². The molecule has 166 valence electrons. The summed E-state index contributed by atoms with van der Waals surface area (Å²) in [6.45, 7) is 9.40. The first kappa shape index (κ1) is 25.9. The smallest absolute Gasteiger partial charge is 0.252 e. The second-order valence-electron chi connectivity index (χ2n) is 8.95. The molecule has 0 aromatic heterocycles. The largest absolute Gasteiger partial charge is 0.373 e. The summed E-state index contributed by atoms with van der Waals surface area (Å²) < 4.78 is 11.6. The number of rotatable bonds is 5. The minimum absolute atomic E-state index is 0. The Labute approximate surface area is 182 Å². The normalized spacial score (nSPS) is 26.4. The summed E-state index contributed by atoms with van der Waals surface area (Å²) in [5.41, 5.74) is -0.711. The predicted octanol–water partition coefficient (Wildman–Crippen LogP) is 2.53. The highest BCUT2D eigenvalue weighted by Gasteiger charge is 2.45. The molecule has 0 unspecified atom stereocenters. The molecule has 2 heterocycles. The molecule has 3 rings (SSSR count). The minimum Gasteiger partial charge on any atom is -0.373 e. The summed E-state index contributed by atoms with van der Waals surface area (Å²) >= 11 is 0. The molecule has 1 aliphatic carbocycles. The van der Waals surface area contributed by atoms with Crippen LogP contribution in [-0.4, -0.2) is 74.0 Å². The molecule has 0 atom stereocenters. The Morgan fingerprint density at radius 1 is 1.11 bits per heavy atom. The van der Waals surface area contributed by atoms with E-state index in [1.54, 1.807) is 7.11 Å². The van der Waals surface area contributed by atoms with Crippen molar-refractivity contribution in [1.82, 2.24) is 15.5 Å². The van der Waals surface area contributed by atoms with Crippen LogP contribution in [0.15, 0.2) is 0 Å². The third-order valence-corrected chi connectivity index (χ3v) is 6.67. The van der Waals surface area contributed by atoms with Crippen molar-refractivity contribution in [3.63, 3.8) is 0 Å². The number of nitrogens with zero attached hydrogens (tertiary/aromatic N) is 1. The van der Waals surface area contributed by atoms with Crippen molar-refractivity contribution in [2.24, 2.45) is 0 Å². The van der Waals surface area contributed by atoms with Crippen LogP contribution in [0.4, 0.5) is 0 Å². The monoisotopic (exact) mass is 439 g/mol. The fourth-order valence-electron chi connectivity index (χ4n) is 5.00. The fourth-order valence-corrected chi connectivity index (χ4v) is 5.00. The van der Waals surface area contributed by atoms with Gasteiger partial charge < -0.3 is 20.1 Å². The lowest BCUT2D eigenvalue weighted by Crippen LogP contribution is -2.64. The van der Waals surface area contributed by atoms with Gasteiger partial charge in [-0.1, -0.05) is 19.3 Å². The number of morpholine rings is 1. The molecule has 8 heteroatoms. The zero-order chi connectivity index (χ0) is 18.7. The first-order valence-corrected chi connectivity index (χ1v) is 10.3. The molecule has 0 aromatic carbocycles. The molecular formula is C20H39Cl2N3O3. The summed E-state index contributed by atoms with van der Waals surface area (Å²) in [5, 5.41) is 6.63. The number of hydrogen-bond acceptors (Lipinski definition) is 5. The summed E-state index contributed by atoms with van der Waals surface area (Å²) in [7, 11) is 1.67. The van der Waals surface area contributed by atoms with Crippen molar-refractivity contribution in [1.29, 1.82) is 0 Å². The first-order valence-electron chi connectivity index (χ1n) is 10.3. The van der Waals surface area contributed by atoms with Crippen LogP contribution in [0, 0.1) is 0 Å². The van der Waals surface area contributed by atoms with E-state index in [4.69, 9.17) is 9.47 Å². The van der Waals surface area contributed by atoms with Crippen molar-refractivity contribution in [2.75, 3.05) is 46.4 Å². The van der Waals surface area contributed by atoms with E-state index in [1.165, 1.54) is 19.3 Å². The van der Waals surface area contributed by atoms with Gasteiger partial charge in [-0.25, -0.2) is 0 Å². The van der Waals surface area contributed by atoms with Crippen molar-refractivity contribution >= 4 is 30.7 Å².